The van der Waals surface area contributed by atoms with E-state index in [4.69, 9.17) is 5.48 Å². The third-order valence-electron chi connectivity index (χ3n) is 10.9. The predicted molar refractivity (Wildman–Crippen MR) is 249 cm³/mol. The van der Waals surface area contributed by atoms with Crippen LogP contribution in [0, 0.1) is 0 Å². The molecule has 0 N–H and O–H groups in total. The predicted octanol–water partition coefficient (Wildman–Crippen LogP) is 9.94. The molecule has 2 aliphatic carbocycles. The molecule has 0 bridgehead atoms. The Bertz CT molecular complexity index is 3790. The van der Waals surface area contributed by atoms with Crippen LogP contribution < -0.4 is 31.8 Å². The third-order valence-corrected chi connectivity index (χ3v) is 24.3. The first-order valence-electron chi connectivity index (χ1n) is 26.1. The van der Waals surface area contributed by atoms with Crippen molar-refractivity contribution in [2.45, 2.75) is 5.41 Å². The summed E-state index contributed by atoms with van der Waals surface area (Å²) < 4.78 is 157. The van der Waals surface area contributed by atoms with E-state index in [2.05, 4.69) is 30.2 Å². The van der Waals surface area contributed by atoms with Crippen LogP contribution >= 0.6 is 11.0 Å². The first kappa shape index (κ1) is 22.3. The summed E-state index contributed by atoms with van der Waals surface area (Å²) in [5, 5.41) is 1.99. The van der Waals surface area contributed by atoms with Gasteiger partial charge in [-0.1, -0.05) is 0 Å². The second kappa shape index (κ2) is 13.6. The fraction of sp³-hybridized carbons (Fsp3) is 0.0189. The number of rotatable bonds is 6. The van der Waals surface area contributed by atoms with Crippen LogP contribution in [0.1, 0.15) is 44.2 Å². The summed E-state index contributed by atoms with van der Waals surface area (Å²) in [6.45, 7) is 0. The minimum atomic E-state index is -3.34. The molecule has 0 fully saturated rings. The number of fused-ring (bicyclic) bond motifs is 12. The molecule has 9 aromatic carbocycles. The summed E-state index contributed by atoms with van der Waals surface area (Å²) in [7, 11) is 0. The summed E-state index contributed by atoms with van der Waals surface area (Å²) in [5.74, 6) is 0. The van der Waals surface area contributed by atoms with Crippen LogP contribution in [0.15, 0.2) is 218 Å². The van der Waals surface area contributed by atoms with E-state index in [1.165, 1.54) is 0 Å². The molecule has 0 saturated carbocycles. The fourth-order valence-electron chi connectivity index (χ4n) is 8.38. The van der Waals surface area contributed by atoms with Gasteiger partial charge in [0.2, 0.25) is 0 Å². The maximum absolute atomic E-state index is 10.9. The zero-order valence-corrected chi connectivity index (χ0v) is 35.0. The van der Waals surface area contributed by atoms with Gasteiger partial charge in [-0.05, 0) is 0 Å². The van der Waals surface area contributed by atoms with Gasteiger partial charge in [0.05, 0.1) is 0 Å². The zero-order valence-electron chi connectivity index (χ0n) is 45.8. The Labute approximate surface area is 372 Å². The van der Waals surface area contributed by atoms with Gasteiger partial charge in [-0.3, -0.25) is 0 Å². The normalized spacial score (nSPS) is 17.5. The van der Waals surface area contributed by atoms with Crippen molar-refractivity contribution in [2.75, 3.05) is 0 Å². The van der Waals surface area contributed by atoms with Gasteiger partial charge in [0.15, 0.2) is 0 Å². The number of hydrogen-bond donors (Lipinski definition) is 0. The van der Waals surface area contributed by atoms with Crippen LogP contribution in [0.25, 0.3) is 33.0 Å². The van der Waals surface area contributed by atoms with Gasteiger partial charge in [0.25, 0.3) is 0 Å². The second-order valence-electron chi connectivity index (χ2n) is 13.8. The van der Waals surface area contributed by atoms with Crippen LogP contribution in [-0.2, 0) is 5.41 Å². The van der Waals surface area contributed by atoms with Crippen LogP contribution in [0.5, 0.6) is 0 Å². The molecule has 270 valence electrons. The molecule has 4 heteroatoms. The van der Waals surface area contributed by atoms with Gasteiger partial charge in [-0.15, -0.1) is 0 Å². The Balaban J connectivity index is 1.48. The second-order valence-corrected chi connectivity index (χ2v) is 26.1. The van der Waals surface area contributed by atoms with Gasteiger partial charge >= 0.3 is 374 Å². The molecule has 9 aromatic rings. The van der Waals surface area contributed by atoms with Crippen LogP contribution in [0.2, 0.25) is 0 Å². The number of hydrogen-bond acceptors (Lipinski definition) is 0. The molecule has 1 spiro atoms. The molecule has 0 unspecified atom stereocenters. The summed E-state index contributed by atoms with van der Waals surface area (Å²) in [4.78, 5) is 0. The topological polar surface area (TPSA) is 0 Å². The summed E-state index contributed by atoms with van der Waals surface area (Å²) >= 11 is 6.79. The van der Waals surface area contributed by atoms with E-state index in [-0.39, 0.29) is 60.5 Å². The van der Waals surface area contributed by atoms with Crippen molar-refractivity contribution in [1.82, 2.24) is 0 Å². The molecule has 0 atom stereocenters. The quantitative estimate of drug-likeness (QED) is 0.115. The summed E-state index contributed by atoms with van der Waals surface area (Å²) in [6.07, 6.45) is 0. The molecule has 0 amide bonds. The van der Waals surface area contributed by atoms with Crippen molar-refractivity contribution < 1.29 is 21.9 Å². The molecule has 0 nitrogen and oxygen atoms in total. The van der Waals surface area contributed by atoms with Crippen molar-refractivity contribution in [3.8, 4) is 22.3 Å². The van der Waals surface area contributed by atoms with Crippen LogP contribution in [0.4, 0.5) is 0 Å². The molecular formula is C53H36P2Se2. The average Bonchev–Trinajstić information content (AvgIpc) is 3.90. The van der Waals surface area contributed by atoms with Crippen molar-refractivity contribution in [2.24, 2.45) is 0 Å². The molecule has 2 aliphatic rings. The van der Waals surface area contributed by atoms with Gasteiger partial charge in [0, 0.05) is 0 Å². The van der Waals surface area contributed by atoms with Crippen molar-refractivity contribution in [3.05, 3.63) is 240 Å². The Hall–Kier alpha value is -4.86. The monoisotopic (exact) mass is 910 g/mol. The van der Waals surface area contributed by atoms with Gasteiger partial charge < -0.3 is 0 Å². The van der Waals surface area contributed by atoms with Crippen molar-refractivity contribution in [3.63, 3.8) is 0 Å². The van der Waals surface area contributed by atoms with Gasteiger partial charge in [0.1, 0.15) is 0 Å². The Morgan fingerprint density at radius 1 is 0.368 bits per heavy atom. The molecule has 11 rings (SSSR count). The van der Waals surface area contributed by atoms with E-state index >= 15 is 0 Å². The van der Waals surface area contributed by atoms with Gasteiger partial charge in [-0.25, -0.2) is 0 Å². The first-order valence-corrected chi connectivity index (χ1v) is 26.1. The van der Waals surface area contributed by atoms with Crippen LogP contribution in [-0.4, -0.2) is 30.2 Å². The molecular weight excluding hydrogens is 856 g/mol. The van der Waals surface area contributed by atoms with E-state index < -0.39 is 118 Å². The Kier molecular flexibility index (Phi) is 5.34. The molecule has 0 radical (unpaired) electrons. The minimum absolute atomic E-state index is 0.0284. The van der Waals surface area contributed by atoms with E-state index in [1.54, 1.807) is 0 Å². The van der Waals surface area contributed by atoms with Gasteiger partial charge in [-0.2, -0.15) is 0 Å². The van der Waals surface area contributed by atoms with Crippen molar-refractivity contribution in [1.29, 1.82) is 0 Å². The molecule has 0 aromatic heterocycles. The first-order chi connectivity index (χ1) is 34.7. The summed E-state index contributed by atoms with van der Waals surface area (Å²) in [6, 6.07) is 26.9. The van der Waals surface area contributed by atoms with Crippen molar-refractivity contribution >= 4 is 83.8 Å². The number of benzene rings is 9. The molecule has 57 heavy (non-hydrogen) atoms. The standard InChI is InChI=1S/C53H36P2Se2/c56-54(38-18-5-1-6-19-38,39-20-7-2-8-21-39)42-30-32-45-46-33-31-43(55(57,40-22-9-3-10-23-40)41-24-11-4-12-25-41)36-51(46)53(50(45)35-42)48-28-16-15-27-47(48)52-44-26-14-13-17-37(44)29-34-49(52)53/h1-36H/i13D,14D,15D,16D,17D,26D,27D,28D,29D,30D,31D,32D,33D,34D,35D,36D. The van der Waals surface area contributed by atoms with Crippen LogP contribution in [0.3, 0.4) is 0 Å². The zero-order chi connectivity index (χ0) is 52.1. The van der Waals surface area contributed by atoms with E-state index in [9.17, 15) is 16.4 Å². The maximum atomic E-state index is 10.9. The van der Waals surface area contributed by atoms with E-state index in [1.807, 2.05) is 121 Å². The Morgan fingerprint density at radius 3 is 1.30 bits per heavy atom. The third kappa shape index (κ3) is 5.07. The fourth-order valence-corrected chi connectivity index (χ4v) is 17.6. The van der Waals surface area contributed by atoms with E-state index in [0.29, 0.717) is 21.2 Å². The molecule has 0 saturated heterocycles. The molecule has 0 aliphatic heterocycles. The Morgan fingerprint density at radius 2 is 0.807 bits per heavy atom. The summed E-state index contributed by atoms with van der Waals surface area (Å²) in [5.41, 5.74) is -11.3. The SMILES string of the molecule is [2H]c1c([2H])c([2H])c2c(c1[2H])-c1c(c([2H])c([2H])c3c([2H])c([2H])c([2H])c([2H])c13)C21c2c([2H])c(P(=[Se])(c3ccccc3)c3ccccc3)c([2H])c([2H])c2-c2c([2H])c([2H])c(P(=[Se])(c3ccccc3)c3ccccc3)c([2H])c21. The van der Waals surface area contributed by atoms with E-state index in [0.717, 1.165) is 0 Å². The average molecular weight is 909 g/mol. The molecule has 0 heterocycles.